The van der Waals surface area contributed by atoms with Gasteiger partial charge >= 0.3 is 18.1 Å². The molecule has 7 nitrogen and oxygen atoms in total. The third-order valence-electron chi connectivity index (χ3n) is 4.96. The molecule has 1 aliphatic heterocycles. The number of rotatable bonds is 5. The summed E-state index contributed by atoms with van der Waals surface area (Å²) < 4.78 is 38.5. The van der Waals surface area contributed by atoms with Gasteiger partial charge in [-0.25, -0.2) is 14.7 Å². The summed E-state index contributed by atoms with van der Waals surface area (Å²) in [5.41, 5.74) is 4.74. The van der Waals surface area contributed by atoms with Gasteiger partial charge in [-0.3, -0.25) is 0 Å². The fraction of sp³-hybridized carbons (Fsp3) is 0.238. The monoisotopic (exact) mass is 436 g/mol. The van der Waals surface area contributed by atoms with E-state index < -0.39 is 34.8 Å². The molecular weight excluding hydrogens is 417 g/mol. The van der Waals surface area contributed by atoms with Crippen LogP contribution < -0.4 is 15.6 Å². The summed E-state index contributed by atoms with van der Waals surface area (Å²) in [7, 11) is 0. The molecule has 0 radical (unpaired) electrons. The number of aliphatic carboxylic acids is 2. The number of halogens is 3. The lowest BCUT2D eigenvalue weighted by Gasteiger charge is -2.34. The summed E-state index contributed by atoms with van der Waals surface area (Å²) in [5, 5.41) is 19.9. The molecular formula is C21H19F3N2O5. The number of carboxylic acid groups (broad SMARTS) is 2. The van der Waals surface area contributed by atoms with E-state index in [4.69, 9.17) is 15.7 Å². The summed E-state index contributed by atoms with van der Waals surface area (Å²) in [6.07, 6.45) is -3.50. The van der Waals surface area contributed by atoms with Crippen molar-refractivity contribution in [2.45, 2.75) is 24.6 Å². The van der Waals surface area contributed by atoms with Crippen LogP contribution in [0.2, 0.25) is 0 Å². The number of fused-ring (bicyclic) bond motifs is 1. The normalized spacial score (nSPS) is 19.4. The minimum atomic E-state index is -4.50. The van der Waals surface area contributed by atoms with Gasteiger partial charge in [0.05, 0.1) is 28.9 Å². The number of aryl methyl sites for hydroxylation is 1. The molecule has 2 aromatic rings. The van der Waals surface area contributed by atoms with E-state index in [1.165, 1.54) is 5.06 Å². The van der Waals surface area contributed by atoms with Crippen LogP contribution in [0.5, 0.6) is 5.75 Å². The lowest BCUT2D eigenvalue weighted by molar-refractivity contribution is -0.137. The number of hydrogen-bond donors (Lipinski definition) is 3. The van der Waals surface area contributed by atoms with Gasteiger partial charge in [0.2, 0.25) is 0 Å². The van der Waals surface area contributed by atoms with Gasteiger partial charge in [-0.05, 0) is 48.7 Å². The number of anilines is 1. The van der Waals surface area contributed by atoms with Crippen molar-refractivity contribution < 1.29 is 37.8 Å². The van der Waals surface area contributed by atoms with Gasteiger partial charge in [-0.15, -0.1) is 0 Å². The van der Waals surface area contributed by atoms with Crippen molar-refractivity contribution in [3.8, 4) is 5.75 Å². The number of benzene rings is 2. The van der Waals surface area contributed by atoms with Gasteiger partial charge in [0.25, 0.3) is 0 Å². The molecule has 164 valence electrons. The van der Waals surface area contributed by atoms with Crippen molar-refractivity contribution >= 4 is 17.6 Å². The summed E-state index contributed by atoms with van der Waals surface area (Å²) >= 11 is 0. The Morgan fingerprint density at radius 2 is 1.74 bits per heavy atom. The zero-order chi connectivity index (χ0) is 22.8. The minimum Gasteiger partial charge on any atom is -0.478 e. The van der Waals surface area contributed by atoms with E-state index in [-0.39, 0.29) is 18.7 Å². The third kappa shape index (κ3) is 4.97. The molecule has 1 unspecified atom stereocenters. The van der Waals surface area contributed by atoms with Crippen LogP contribution in [0, 0.1) is 0 Å². The molecule has 0 aliphatic carbocycles. The average molecular weight is 436 g/mol. The van der Waals surface area contributed by atoms with Crippen LogP contribution in [0.15, 0.2) is 60.2 Å². The van der Waals surface area contributed by atoms with Crippen LogP contribution in [-0.4, -0.2) is 34.2 Å². The van der Waals surface area contributed by atoms with Crippen LogP contribution >= 0.6 is 0 Å². The smallest absolute Gasteiger partial charge is 0.416 e. The van der Waals surface area contributed by atoms with E-state index in [0.717, 1.165) is 29.8 Å². The molecule has 2 aromatic carbocycles. The highest BCUT2D eigenvalue weighted by molar-refractivity contribution is 5.96. The molecule has 0 saturated heterocycles. The van der Waals surface area contributed by atoms with E-state index in [9.17, 15) is 27.9 Å². The highest BCUT2D eigenvalue weighted by Crippen LogP contribution is 2.35. The lowest BCUT2D eigenvalue weighted by Crippen LogP contribution is -2.54. The number of carboxylic acids is 2. The Morgan fingerprint density at radius 1 is 1.10 bits per heavy atom. The van der Waals surface area contributed by atoms with E-state index in [1.54, 1.807) is 24.3 Å². The lowest BCUT2D eigenvalue weighted by atomic mass is 9.85. The van der Waals surface area contributed by atoms with E-state index in [0.29, 0.717) is 18.2 Å². The summed E-state index contributed by atoms with van der Waals surface area (Å²) in [4.78, 5) is 28.7. The maximum atomic E-state index is 12.8. The van der Waals surface area contributed by atoms with Crippen molar-refractivity contribution in [1.82, 2.24) is 0 Å². The van der Waals surface area contributed by atoms with Crippen molar-refractivity contribution in [2.75, 3.05) is 11.6 Å². The second-order valence-electron chi connectivity index (χ2n) is 7.14. The first-order valence-corrected chi connectivity index (χ1v) is 9.17. The molecule has 4 N–H and O–H groups in total. The Balaban J connectivity index is 1.99. The first kappa shape index (κ1) is 22.2. The van der Waals surface area contributed by atoms with Crippen LogP contribution in [0.25, 0.3) is 0 Å². The van der Waals surface area contributed by atoms with Crippen LogP contribution in [0.4, 0.5) is 18.9 Å². The SMILES string of the molecule is NC1(/C(=C\C(=O)O)C(=O)O)CCc2ccccc2N(Oc2ccc(C(F)(F)F)cc2)C1. The topological polar surface area (TPSA) is 113 Å². The maximum Gasteiger partial charge on any atom is 0.416 e. The fourth-order valence-corrected chi connectivity index (χ4v) is 3.42. The predicted octanol–water partition coefficient (Wildman–Crippen LogP) is 3.25. The summed E-state index contributed by atoms with van der Waals surface area (Å²) in [6.45, 7) is -0.240. The standard InChI is InChI=1S/C21H19F3N2O5/c22-21(23,24)14-5-7-15(8-6-14)31-26-12-20(25,16(19(29)30)11-18(27)28)10-9-13-3-1-2-4-17(13)26/h1-8,11H,9-10,12,25H2,(H,27,28)(H,29,30)/b16-11-. The number of carbonyl (C=O) groups is 2. The van der Waals surface area contributed by atoms with Crippen molar-refractivity contribution in [1.29, 1.82) is 0 Å². The zero-order valence-corrected chi connectivity index (χ0v) is 16.1. The van der Waals surface area contributed by atoms with Gasteiger partial charge in [0.15, 0.2) is 5.75 Å². The molecule has 0 saturated carbocycles. The molecule has 3 rings (SSSR count). The summed E-state index contributed by atoms with van der Waals surface area (Å²) in [6, 6.07) is 11.0. The molecule has 0 aromatic heterocycles. The molecule has 0 bridgehead atoms. The van der Waals surface area contributed by atoms with Crippen LogP contribution in [-0.2, 0) is 22.2 Å². The van der Waals surface area contributed by atoms with Crippen molar-refractivity contribution in [3.63, 3.8) is 0 Å². The first-order chi connectivity index (χ1) is 14.5. The Kier molecular flexibility index (Phi) is 5.94. The van der Waals surface area contributed by atoms with Crippen molar-refractivity contribution in [2.24, 2.45) is 5.73 Å². The van der Waals surface area contributed by atoms with E-state index in [2.05, 4.69) is 0 Å². The Labute approximate surface area is 175 Å². The molecule has 0 spiro atoms. The Bertz CT molecular complexity index is 1020. The molecule has 1 heterocycles. The van der Waals surface area contributed by atoms with Gasteiger partial charge in [-0.2, -0.15) is 13.2 Å². The largest absolute Gasteiger partial charge is 0.478 e. The van der Waals surface area contributed by atoms with Gasteiger partial charge in [0.1, 0.15) is 0 Å². The van der Waals surface area contributed by atoms with Crippen LogP contribution in [0.1, 0.15) is 17.5 Å². The molecule has 0 fully saturated rings. The summed E-state index contributed by atoms with van der Waals surface area (Å²) in [5.74, 6) is -2.87. The van der Waals surface area contributed by atoms with Gasteiger partial charge < -0.3 is 20.8 Å². The van der Waals surface area contributed by atoms with Crippen LogP contribution in [0.3, 0.4) is 0 Å². The quantitative estimate of drug-likeness (QED) is 0.617. The van der Waals surface area contributed by atoms with Crippen molar-refractivity contribution in [3.05, 3.63) is 71.3 Å². The Morgan fingerprint density at radius 3 is 2.32 bits per heavy atom. The van der Waals surface area contributed by atoms with Gasteiger partial charge in [0, 0.05) is 6.08 Å². The fourth-order valence-electron chi connectivity index (χ4n) is 3.42. The number of nitrogens with two attached hydrogens (primary N) is 1. The second-order valence-corrected chi connectivity index (χ2v) is 7.14. The molecule has 0 amide bonds. The van der Waals surface area contributed by atoms with E-state index >= 15 is 0 Å². The minimum absolute atomic E-state index is 0.0751. The number of para-hydroxylation sites is 1. The molecule has 10 heteroatoms. The number of hydrogen-bond acceptors (Lipinski definition) is 5. The highest BCUT2D eigenvalue weighted by Gasteiger charge is 2.40. The highest BCUT2D eigenvalue weighted by atomic mass is 19.4. The molecule has 1 atom stereocenters. The average Bonchev–Trinajstić information content (AvgIpc) is 2.83. The third-order valence-corrected chi connectivity index (χ3v) is 4.96. The number of nitrogens with zero attached hydrogens (tertiary/aromatic N) is 1. The predicted molar refractivity (Wildman–Crippen MR) is 104 cm³/mol. The first-order valence-electron chi connectivity index (χ1n) is 9.17. The van der Waals surface area contributed by atoms with E-state index in [1.807, 2.05) is 0 Å². The Hall–Kier alpha value is -3.53. The maximum absolute atomic E-state index is 12.8. The number of hydroxylamine groups is 1. The number of alkyl halides is 3. The second kappa shape index (κ2) is 8.31. The van der Waals surface area contributed by atoms with Gasteiger partial charge in [-0.1, -0.05) is 18.2 Å². The molecule has 31 heavy (non-hydrogen) atoms. The molecule has 1 aliphatic rings. The zero-order valence-electron chi connectivity index (χ0n) is 16.1.